The molecule has 0 amide bonds. The maximum absolute atomic E-state index is 13.1. The molecule has 0 bridgehead atoms. The van der Waals surface area contributed by atoms with Gasteiger partial charge in [-0.1, -0.05) is 66.8 Å². The lowest BCUT2D eigenvalue weighted by atomic mass is 10.1. The average molecular weight is 574 g/mol. The predicted octanol–water partition coefficient (Wildman–Crippen LogP) is 3.51. The van der Waals surface area contributed by atoms with Gasteiger partial charge in [-0.25, -0.2) is 19.2 Å². The van der Waals surface area contributed by atoms with Crippen LogP contribution in [0.5, 0.6) is 0 Å². The lowest BCUT2D eigenvalue weighted by molar-refractivity contribution is -0.0699. The van der Waals surface area contributed by atoms with Gasteiger partial charge in [0.1, 0.15) is 17.4 Å². The Morgan fingerprint density at radius 3 is 1.78 bits per heavy atom. The predicted molar refractivity (Wildman–Crippen MR) is 146 cm³/mol. The first-order valence-electron chi connectivity index (χ1n) is 12.5. The van der Waals surface area contributed by atoms with E-state index >= 15 is 0 Å². The molecule has 0 aliphatic carbocycles. The molecule has 1 fully saturated rings. The molecule has 0 radical (unpaired) electrons. The van der Waals surface area contributed by atoms with Gasteiger partial charge < -0.3 is 18.9 Å². The zero-order valence-electron chi connectivity index (χ0n) is 21.3. The van der Waals surface area contributed by atoms with Crippen LogP contribution in [-0.2, 0) is 18.9 Å². The van der Waals surface area contributed by atoms with Crippen molar-refractivity contribution in [3.63, 3.8) is 0 Å². The molecule has 11 nitrogen and oxygen atoms in total. The van der Waals surface area contributed by atoms with E-state index in [0.717, 1.165) is 4.68 Å². The fourth-order valence-electron chi connectivity index (χ4n) is 4.20. The van der Waals surface area contributed by atoms with Gasteiger partial charge in [0, 0.05) is 0 Å². The SMILES string of the molecule is O=C(OCC1OC(n2ncc(=S)[nH]c2=O)C(OC(=O)c2ccccc2)C1OC(=O)c1ccccc1)c1ccccc1. The molecule has 1 saturated heterocycles. The second-order valence-corrected chi connectivity index (χ2v) is 9.32. The molecule has 4 atom stereocenters. The number of benzene rings is 3. The Bertz CT molecular complexity index is 1640. The number of carbonyl (C=O) groups excluding carboxylic acids is 3. The summed E-state index contributed by atoms with van der Waals surface area (Å²) in [4.78, 5) is 54.2. The number of nitrogens with one attached hydrogen (secondary N) is 1. The number of carbonyl (C=O) groups is 3. The Kier molecular flexibility index (Phi) is 8.42. The molecule has 1 aromatic heterocycles. The van der Waals surface area contributed by atoms with Crippen LogP contribution in [0.1, 0.15) is 37.3 Å². The topological polar surface area (TPSA) is 139 Å². The molecule has 41 heavy (non-hydrogen) atoms. The molecule has 1 aliphatic heterocycles. The van der Waals surface area contributed by atoms with Gasteiger partial charge in [-0.2, -0.15) is 9.78 Å². The molecule has 1 aliphatic rings. The monoisotopic (exact) mass is 573 g/mol. The van der Waals surface area contributed by atoms with Crippen LogP contribution in [-0.4, -0.2) is 57.6 Å². The molecule has 3 aromatic carbocycles. The van der Waals surface area contributed by atoms with Crippen molar-refractivity contribution in [2.24, 2.45) is 0 Å². The van der Waals surface area contributed by atoms with Crippen molar-refractivity contribution in [3.05, 3.63) is 129 Å². The highest BCUT2D eigenvalue weighted by atomic mass is 32.1. The Hall–Kier alpha value is -4.94. The van der Waals surface area contributed by atoms with Crippen molar-refractivity contribution in [2.75, 3.05) is 6.61 Å². The van der Waals surface area contributed by atoms with E-state index in [-0.39, 0.29) is 15.8 Å². The molecule has 4 aromatic rings. The summed E-state index contributed by atoms with van der Waals surface area (Å²) in [7, 11) is 0. The van der Waals surface area contributed by atoms with Gasteiger partial charge in [0.05, 0.1) is 22.9 Å². The van der Waals surface area contributed by atoms with Crippen LogP contribution in [0.25, 0.3) is 0 Å². The van der Waals surface area contributed by atoms with E-state index in [1.54, 1.807) is 91.0 Å². The van der Waals surface area contributed by atoms with Gasteiger partial charge in [-0.05, 0) is 36.4 Å². The summed E-state index contributed by atoms with van der Waals surface area (Å²) in [5.74, 6) is -2.15. The van der Waals surface area contributed by atoms with Gasteiger partial charge in [0.2, 0.25) is 0 Å². The molecular weight excluding hydrogens is 550 g/mol. The zero-order chi connectivity index (χ0) is 28.8. The summed E-state index contributed by atoms with van der Waals surface area (Å²) in [6.45, 7) is -0.395. The van der Waals surface area contributed by atoms with Crippen molar-refractivity contribution in [1.29, 1.82) is 0 Å². The summed E-state index contributed by atoms with van der Waals surface area (Å²) in [5.41, 5.74) is -0.0203. The number of rotatable bonds is 8. The van der Waals surface area contributed by atoms with Gasteiger partial charge in [0.25, 0.3) is 0 Å². The number of esters is 3. The van der Waals surface area contributed by atoms with Crippen molar-refractivity contribution < 1.29 is 33.3 Å². The standard InChI is InChI=1S/C29H23N3O8S/c33-26(18-10-4-1-5-11-18)37-17-21-23(39-27(34)19-12-6-2-7-13-19)24(40-28(35)20-14-8-3-9-15-20)25(38-21)32-29(36)31-22(41)16-30-32/h1-16,21,23-25H,17H2,(H,31,36,41). The van der Waals surface area contributed by atoms with Gasteiger partial charge >= 0.3 is 23.6 Å². The fraction of sp³-hybridized carbons (Fsp3) is 0.172. The first-order chi connectivity index (χ1) is 19.9. The second kappa shape index (κ2) is 12.5. The third-order valence-corrected chi connectivity index (χ3v) is 6.37. The van der Waals surface area contributed by atoms with Crippen molar-refractivity contribution >= 4 is 30.1 Å². The number of hydrogen-bond donors (Lipinski definition) is 1. The zero-order valence-corrected chi connectivity index (χ0v) is 22.1. The number of ether oxygens (including phenoxy) is 4. The summed E-state index contributed by atoms with van der Waals surface area (Å²) >= 11 is 4.99. The number of aromatic amines is 1. The lowest BCUT2D eigenvalue weighted by Gasteiger charge is -2.24. The first kappa shape index (κ1) is 27.6. The fourth-order valence-corrected chi connectivity index (χ4v) is 4.33. The maximum atomic E-state index is 13.1. The largest absolute Gasteiger partial charge is 0.459 e. The summed E-state index contributed by atoms with van der Waals surface area (Å²) in [6, 6.07) is 24.5. The van der Waals surface area contributed by atoms with E-state index < -0.39 is 54.7 Å². The van der Waals surface area contributed by atoms with Crippen molar-refractivity contribution in [3.8, 4) is 0 Å². The number of aromatic nitrogens is 3. The number of hydrogen-bond acceptors (Lipinski definition) is 10. The molecule has 1 N–H and O–H groups in total. The van der Waals surface area contributed by atoms with E-state index in [0.29, 0.717) is 5.56 Å². The molecular formula is C29H23N3O8S. The molecule has 2 heterocycles. The van der Waals surface area contributed by atoms with Gasteiger partial charge in [-0.15, -0.1) is 0 Å². The van der Waals surface area contributed by atoms with Crippen LogP contribution in [0.15, 0.2) is 102 Å². The van der Waals surface area contributed by atoms with E-state index in [1.165, 1.54) is 6.20 Å². The molecule has 208 valence electrons. The average Bonchev–Trinajstić information content (AvgIpc) is 3.33. The minimum atomic E-state index is -1.37. The first-order valence-corrected chi connectivity index (χ1v) is 12.9. The highest BCUT2D eigenvalue weighted by Gasteiger charge is 2.52. The summed E-state index contributed by atoms with van der Waals surface area (Å²) < 4.78 is 24.1. The van der Waals surface area contributed by atoms with E-state index in [4.69, 9.17) is 31.2 Å². The third-order valence-electron chi connectivity index (χ3n) is 6.16. The normalized spacial score (nSPS) is 19.7. The van der Waals surface area contributed by atoms with Crippen molar-refractivity contribution in [2.45, 2.75) is 24.5 Å². The molecule has 0 saturated carbocycles. The Balaban J connectivity index is 1.50. The number of H-pyrrole nitrogens is 1. The highest BCUT2D eigenvalue weighted by molar-refractivity contribution is 7.71. The van der Waals surface area contributed by atoms with E-state index in [2.05, 4.69) is 10.1 Å². The van der Waals surface area contributed by atoms with Gasteiger partial charge in [0.15, 0.2) is 18.4 Å². The van der Waals surface area contributed by atoms with Crippen LogP contribution in [0.2, 0.25) is 0 Å². The smallest absolute Gasteiger partial charge is 0.345 e. The molecule has 5 rings (SSSR count). The third kappa shape index (κ3) is 6.45. The van der Waals surface area contributed by atoms with Crippen LogP contribution in [0.3, 0.4) is 0 Å². The van der Waals surface area contributed by atoms with Crippen LogP contribution in [0, 0.1) is 4.64 Å². The van der Waals surface area contributed by atoms with Gasteiger partial charge in [-0.3, -0.25) is 4.98 Å². The lowest BCUT2D eigenvalue weighted by Crippen LogP contribution is -2.43. The molecule has 0 spiro atoms. The Morgan fingerprint density at radius 1 is 0.780 bits per heavy atom. The second-order valence-electron chi connectivity index (χ2n) is 8.89. The minimum absolute atomic E-state index is 0.0717. The van der Waals surface area contributed by atoms with Crippen molar-refractivity contribution in [1.82, 2.24) is 14.8 Å². The maximum Gasteiger partial charge on any atom is 0.345 e. The summed E-state index contributed by atoms with van der Waals surface area (Å²) in [5, 5.41) is 4.04. The van der Waals surface area contributed by atoms with E-state index in [9.17, 15) is 19.2 Å². The summed E-state index contributed by atoms with van der Waals surface area (Å²) in [6.07, 6.45) is -3.97. The minimum Gasteiger partial charge on any atom is -0.459 e. The van der Waals surface area contributed by atoms with Crippen LogP contribution < -0.4 is 5.69 Å². The Labute approximate surface area is 238 Å². The molecule has 4 unspecified atom stereocenters. The highest BCUT2D eigenvalue weighted by Crippen LogP contribution is 2.34. The quantitative estimate of drug-likeness (QED) is 0.189. The molecule has 12 heteroatoms. The van der Waals surface area contributed by atoms with Crippen LogP contribution >= 0.6 is 12.2 Å². The van der Waals surface area contributed by atoms with Crippen LogP contribution in [0.4, 0.5) is 0 Å². The Morgan fingerprint density at radius 2 is 1.27 bits per heavy atom. The number of nitrogens with zero attached hydrogens (tertiary/aromatic N) is 2. The van der Waals surface area contributed by atoms with E-state index in [1.807, 2.05) is 0 Å².